The number of aromatic nitrogens is 2. The summed E-state index contributed by atoms with van der Waals surface area (Å²) in [5.41, 5.74) is 9.21. The van der Waals surface area contributed by atoms with Gasteiger partial charge in [-0.15, -0.1) is 0 Å². The highest BCUT2D eigenvalue weighted by Gasteiger charge is 2.29. The van der Waals surface area contributed by atoms with Gasteiger partial charge in [0.1, 0.15) is 0 Å². The molecule has 1 aliphatic carbocycles. The van der Waals surface area contributed by atoms with Gasteiger partial charge >= 0.3 is 0 Å². The summed E-state index contributed by atoms with van der Waals surface area (Å²) >= 11 is 0. The smallest absolute Gasteiger partial charge is 0.227 e. The molecule has 5 heteroatoms. The molecule has 0 saturated heterocycles. The number of rotatable bonds is 3. The summed E-state index contributed by atoms with van der Waals surface area (Å²) in [6, 6.07) is 5.58. The van der Waals surface area contributed by atoms with Crippen LogP contribution in [0.3, 0.4) is 0 Å². The predicted octanol–water partition coefficient (Wildman–Crippen LogP) is 2.02. The molecule has 0 spiro atoms. The molecule has 1 fully saturated rings. The van der Waals surface area contributed by atoms with Crippen LogP contribution in [0.2, 0.25) is 0 Å². The highest BCUT2D eigenvalue weighted by molar-refractivity contribution is 5.95. The first-order valence-corrected chi connectivity index (χ1v) is 6.32. The van der Waals surface area contributed by atoms with E-state index in [9.17, 15) is 4.79 Å². The zero-order valence-electron chi connectivity index (χ0n) is 10.8. The molecule has 19 heavy (non-hydrogen) atoms. The second-order valence-corrected chi connectivity index (χ2v) is 5.01. The number of nitrogens with two attached hydrogens (primary N) is 1. The summed E-state index contributed by atoms with van der Waals surface area (Å²) in [5.74, 6) is 0.269. The third-order valence-electron chi connectivity index (χ3n) is 3.21. The van der Waals surface area contributed by atoms with Gasteiger partial charge in [0.25, 0.3) is 0 Å². The van der Waals surface area contributed by atoms with Gasteiger partial charge in [0.15, 0.2) is 0 Å². The summed E-state index contributed by atoms with van der Waals surface area (Å²) in [6.07, 6.45) is 5.68. The van der Waals surface area contributed by atoms with Crippen LogP contribution >= 0.6 is 0 Å². The van der Waals surface area contributed by atoms with Crippen molar-refractivity contribution in [2.45, 2.75) is 12.8 Å². The molecular formula is C14H16N4O. The Kier molecular flexibility index (Phi) is 2.74. The molecule has 0 atom stereocenters. The number of amides is 1. The first-order valence-electron chi connectivity index (χ1n) is 6.32. The molecule has 1 amide bonds. The summed E-state index contributed by atoms with van der Waals surface area (Å²) < 4.78 is 1.74. The molecule has 0 bridgehead atoms. The lowest BCUT2D eigenvalue weighted by molar-refractivity contribution is -0.117. The third kappa shape index (κ3) is 2.59. The molecule has 3 rings (SSSR count). The van der Waals surface area contributed by atoms with Crippen molar-refractivity contribution in [2.24, 2.45) is 13.0 Å². The predicted molar refractivity (Wildman–Crippen MR) is 74.4 cm³/mol. The third-order valence-corrected chi connectivity index (χ3v) is 3.21. The van der Waals surface area contributed by atoms with Gasteiger partial charge in [-0.2, -0.15) is 5.10 Å². The number of carbonyl (C=O) groups is 1. The molecule has 5 nitrogen and oxygen atoms in total. The average molecular weight is 256 g/mol. The van der Waals surface area contributed by atoms with E-state index in [0.717, 1.165) is 29.7 Å². The van der Waals surface area contributed by atoms with Crippen LogP contribution in [0, 0.1) is 5.92 Å². The van der Waals surface area contributed by atoms with E-state index < -0.39 is 0 Å². The lowest BCUT2D eigenvalue weighted by Gasteiger charge is -2.08. The molecule has 98 valence electrons. The van der Waals surface area contributed by atoms with Gasteiger partial charge < -0.3 is 11.1 Å². The topological polar surface area (TPSA) is 72.9 Å². The maximum Gasteiger partial charge on any atom is 0.227 e. The van der Waals surface area contributed by atoms with E-state index in [0.29, 0.717) is 5.69 Å². The quantitative estimate of drug-likeness (QED) is 0.825. The van der Waals surface area contributed by atoms with Gasteiger partial charge in [-0.1, -0.05) is 0 Å². The highest BCUT2D eigenvalue weighted by Crippen LogP contribution is 2.31. The van der Waals surface area contributed by atoms with Gasteiger partial charge in [0.2, 0.25) is 5.91 Å². The Morgan fingerprint density at radius 2 is 2.16 bits per heavy atom. The molecule has 0 radical (unpaired) electrons. The maximum absolute atomic E-state index is 11.8. The lowest BCUT2D eigenvalue weighted by Crippen LogP contribution is -2.13. The average Bonchev–Trinajstić information content (AvgIpc) is 3.11. The Labute approximate surface area is 111 Å². The number of nitrogen functional groups attached to an aromatic ring is 1. The van der Waals surface area contributed by atoms with Crippen molar-refractivity contribution in [2.75, 3.05) is 11.1 Å². The Bertz CT molecular complexity index is 628. The van der Waals surface area contributed by atoms with Crippen molar-refractivity contribution in [3.05, 3.63) is 30.6 Å². The van der Waals surface area contributed by atoms with Crippen LogP contribution < -0.4 is 11.1 Å². The number of benzene rings is 1. The number of anilines is 2. The molecular weight excluding hydrogens is 240 g/mol. The number of aryl methyl sites for hydroxylation is 1. The minimum Gasteiger partial charge on any atom is -0.399 e. The van der Waals surface area contributed by atoms with Crippen molar-refractivity contribution >= 4 is 17.3 Å². The molecule has 1 aromatic carbocycles. The fraction of sp³-hybridized carbons (Fsp3) is 0.286. The SMILES string of the molecule is Cn1cc(-c2cc(N)cc(NC(=O)C3CC3)c2)cn1. The van der Waals surface area contributed by atoms with Crippen LogP contribution in [0.5, 0.6) is 0 Å². The summed E-state index contributed by atoms with van der Waals surface area (Å²) in [7, 11) is 1.87. The van der Waals surface area contributed by atoms with Crippen molar-refractivity contribution in [3.8, 4) is 11.1 Å². The summed E-state index contributed by atoms with van der Waals surface area (Å²) in [5, 5.41) is 7.06. The fourth-order valence-corrected chi connectivity index (χ4v) is 2.05. The lowest BCUT2D eigenvalue weighted by atomic mass is 10.1. The number of nitrogens with one attached hydrogen (secondary N) is 1. The second-order valence-electron chi connectivity index (χ2n) is 5.01. The van der Waals surface area contributed by atoms with E-state index in [4.69, 9.17) is 5.73 Å². The van der Waals surface area contributed by atoms with Crippen LogP contribution in [0.15, 0.2) is 30.6 Å². The first-order chi connectivity index (χ1) is 9.11. The number of hydrogen-bond donors (Lipinski definition) is 2. The van der Waals surface area contributed by atoms with E-state index in [1.807, 2.05) is 25.4 Å². The van der Waals surface area contributed by atoms with E-state index >= 15 is 0 Å². The van der Waals surface area contributed by atoms with Crippen LogP contribution in [0.4, 0.5) is 11.4 Å². The molecule has 1 aliphatic rings. The molecule has 1 heterocycles. The van der Waals surface area contributed by atoms with Crippen LogP contribution in [0.1, 0.15) is 12.8 Å². The zero-order valence-corrected chi connectivity index (χ0v) is 10.8. The number of hydrogen-bond acceptors (Lipinski definition) is 3. The molecule has 0 unspecified atom stereocenters. The van der Waals surface area contributed by atoms with Crippen LogP contribution in [-0.4, -0.2) is 15.7 Å². The largest absolute Gasteiger partial charge is 0.399 e. The van der Waals surface area contributed by atoms with Gasteiger partial charge in [-0.05, 0) is 36.6 Å². The highest BCUT2D eigenvalue weighted by atomic mass is 16.2. The standard InChI is InChI=1S/C14H16N4O/c1-18-8-11(7-16-18)10-4-12(15)6-13(5-10)17-14(19)9-2-3-9/h4-9H,2-3,15H2,1H3,(H,17,19). The number of nitrogens with zero attached hydrogens (tertiary/aromatic N) is 2. The molecule has 1 aromatic heterocycles. The Morgan fingerprint density at radius 1 is 1.37 bits per heavy atom. The van der Waals surface area contributed by atoms with E-state index in [-0.39, 0.29) is 11.8 Å². The minimum absolute atomic E-state index is 0.0859. The number of carbonyl (C=O) groups excluding carboxylic acids is 1. The van der Waals surface area contributed by atoms with Crippen molar-refractivity contribution in [3.63, 3.8) is 0 Å². The van der Waals surface area contributed by atoms with Crippen molar-refractivity contribution in [1.29, 1.82) is 0 Å². The van der Waals surface area contributed by atoms with Crippen molar-refractivity contribution < 1.29 is 4.79 Å². The fourth-order valence-electron chi connectivity index (χ4n) is 2.05. The van der Waals surface area contributed by atoms with E-state index in [1.54, 1.807) is 16.9 Å². The Balaban J connectivity index is 1.89. The van der Waals surface area contributed by atoms with E-state index in [2.05, 4.69) is 10.4 Å². The second kappa shape index (κ2) is 4.42. The summed E-state index contributed by atoms with van der Waals surface area (Å²) in [6.45, 7) is 0. The Morgan fingerprint density at radius 3 is 2.79 bits per heavy atom. The molecule has 2 aromatic rings. The monoisotopic (exact) mass is 256 g/mol. The molecule has 1 saturated carbocycles. The van der Waals surface area contributed by atoms with Crippen molar-refractivity contribution in [1.82, 2.24) is 9.78 Å². The van der Waals surface area contributed by atoms with Crippen LogP contribution in [0.25, 0.3) is 11.1 Å². The van der Waals surface area contributed by atoms with Gasteiger partial charge in [-0.25, -0.2) is 0 Å². The zero-order chi connectivity index (χ0) is 13.4. The maximum atomic E-state index is 11.8. The summed E-state index contributed by atoms with van der Waals surface area (Å²) in [4.78, 5) is 11.8. The minimum atomic E-state index is 0.0859. The Hall–Kier alpha value is -2.30. The normalized spacial score (nSPS) is 14.4. The van der Waals surface area contributed by atoms with Gasteiger partial charge in [0, 0.05) is 36.1 Å². The van der Waals surface area contributed by atoms with Crippen LogP contribution in [-0.2, 0) is 11.8 Å². The van der Waals surface area contributed by atoms with Gasteiger partial charge in [0.05, 0.1) is 6.20 Å². The van der Waals surface area contributed by atoms with Gasteiger partial charge in [-0.3, -0.25) is 9.48 Å². The molecule has 3 N–H and O–H groups in total. The van der Waals surface area contributed by atoms with E-state index in [1.165, 1.54) is 0 Å². The first kappa shape index (κ1) is 11.8. The molecule has 0 aliphatic heterocycles.